The summed E-state index contributed by atoms with van der Waals surface area (Å²) in [6.45, 7) is 5.67. The molecule has 2 atom stereocenters. The van der Waals surface area contributed by atoms with Gasteiger partial charge in [0, 0.05) is 18.1 Å². The van der Waals surface area contributed by atoms with Crippen LogP contribution in [0, 0.1) is 0 Å². The van der Waals surface area contributed by atoms with Gasteiger partial charge in [-0.1, -0.05) is 6.42 Å². The Morgan fingerprint density at radius 1 is 1.06 bits per heavy atom. The Morgan fingerprint density at radius 2 is 1.72 bits per heavy atom. The minimum Gasteiger partial charge on any atom is -0.444 e. The number of hydrogen-bond acceptors (Lipinski definition) is 3. The van der Waals surface area contributed by atoms with E-state index in [9.17, 15) is 4.79 Å². The number of carbonyl (C=O) groups excluding carboxylic acids is 1. The van der Waals surface area contributed by atoms with E-state index in [0.29, 0.717) is 6.04 Å². The molecule has 1 amide bonds. The van der Waals surface area contributed by atoms with Crippen LogP contribution in [0.4, 0.5) is 4.79 Å². The summed E-state index contributed by atoms with van der Waals surface area (Å²) in [5.74, 6) is 0. The maximum Gasteiger partial charge on any atom is 0.407 e. The Labute approximate surface area is 110 Å². The number of amides is 1. The topological polar surface area (TPSA) is 50.4 Å². The predicted molar refractivity (Wildman–Crippen MR) is 71.6 cm³/mol. The zero-order valence-corrected chi connectivity index (χ0v) is 11.8. The van der Waals surface area contributed by atoms with E-state index < -0.39 is 5.60 Å². The normalized spacial score (nSPS) is 28.8. The van der Waals surface area contributed by atoms with Gasteiger partial charge >= 0.3 is 6.09 Å². The SMILES string of the molecule is CC(C)(C)OC(=O)NC1CCC(NC2CCC2)C1. The number of ether oxygens (including phenoxy) is 1. The zero-order chi connectivity index (χ0) is 13.2. The fourth-order valence-electron chi connectivity index (χ4n) is 2.65. The summed E-state index contributed by atoms with van der Waals surface area (Å²) in [6.07, 6.45) is 6.98. The summed E-state index contributed by atoms with van der Waals surface area (Å²) in [6, 6.07) is 1.59. The van der Waals surface area contributed by atoms with Crippen molar-refractivity contribution >= 4 is 6.09 Å². The van der Waals surface area contributed by atoms with Crippen LogP contribution in [0.3, 0.4) is 0 Å². The molecule has 2 unspecified atom stereocenters. The first-order valence-corrected chi connectivity index (χ1v) is 7.18. The Balaban J connectivity index is 1.67. The third-order valence-electron chi connectivity index (χ3n) is 3.73. The van der Waals surface area contributed by atoms with Crippen LogP contribution in [-0.2, 0) is 4.74 Å². The molecule has 104 valence electrons. The van der Waals surface area contributed by atoms with E-state index in [1.165, 1.54) is 19.3 Å². The lowest BCUT2D eigenvalue weighted by atomic mass is 9.92. The van der Waals surface area contributed by atoms with Crippen LogP contribution in [0.5, 0.6) is 0 Å². The molecule has 2 aliphatic rings. The average Bonchev–Trinajstić information content (AvgIpc) is 2.56. The Hall–Kier alpha value is -0.770. The van der Waals surface area contributed by atoms with Gasteiger partial charge in [0.1, 0.15) is 5.60 Å². The van der Waals surface area contributed by atoms with Gasteiger partial charge in [-0.3, -0.25) is 0 Å². The van der Waals surface area contributed by atoms with Gasteiger partial charge in [0.25, 0.3) is 0 Å². The van der Waals surface area contributed by atoms with E-state index in [-0.39, 0.29) is 12.1 Å². The minimum atomic E-state index is -0.410. The molecular formula is C14H26N2O2. The molecule has 0 aromatic heterocycles. The lowest BCUT2D eigenvalue weighted by molar-refractivity contribution is 0.0505. The summed E-state index contributed by atoms with van der Waals surface area (Å²) < 4.78 is 5.28. The van der Waals surface area contributed by atoms with Gasteiger partial charge in [-0.25, -0.2) is 4.79 Å². The Kier molecular flexibility index (Phi) is 4.15. The molecule has 0 spiro atoms. The average molecular weight is 254 g/mol. The van der Waals surface area contributed by atoms with Crippen molar-refractivity contribution in [3.05, 3.63) is 0 Å². The van der Waals surface area contributed by atoms with E-state index in [2.05, 4.69) is 10.6 Å². The number of alkyl carbamates (subject to hydrolysis) is 1. The summed E-state index contributed by atoms with van der Waals surface area (Å²) in [4.78, 5) is 11.7. The van der Waals surface area contributed by atoms with Crippen molar-refractivity contribution in [3.63, 3.8) is 0 Å². The molecule has 4 nitrogen and oxygen atoms in total. The molecule has 0 saturated heterocycles. The highest BCUT2D eigenvalue weighted by molar-refractivity contribution is 5.68. The quantitative estimate of drug-likeness (QED) is 0.814. The molecule has 0 bridgehead atoms. The van der Waals surface area contributed by atoms with Crippen LogP contribution in [-0.4, -0.2) is 29.8 Å². The van der Waals surface area contributed by atoms with Crippen molar-refractivity contribution in [2.24, 2.45) is 0 Å². The van der Waals surface area contributed by atoms with Crippen LogP contribution in [0.2, 0.25) is 0 Å². The number of nitrogens with one attached hydrogen (secondary N) is 2. The van der Waals surface area contributed by atoms with Gasteiger partial charge in [-0.05, 0) is 52.9 Å². The summed E-state index contributed by atoms with van der Waals surface area (Å²) in [5, 5.41) is 6.65. The first-order valence-electron chi connectivity index (χ1n) is 7.18. The van der Waals surface area contributed by atoms with Crippen LogP contribution in [0.1, 0.15) is 59.3 Å². The van der Waals surface area contributed by atoms with E-state index in [1.54, 1.807) is 0 Å². The molecule has 2 fully saturated rings. The molecule has 0 aromatic carbocycles. The van der Waals surface area contributed by atoms with Crippen LogP contribution >= 0.6 is 0 Å². The highest BCUT2D eigenvalue weighted by Crippen LogP contribution is 2.25. The first kappa shape index (κ1) is 13.7. The van der Waals surface area contributed by atoms with Crippen LogP contribution in [0.15, 0.2) is 0 Å². The molecule has 0 aliphatic heterocycles. The van der Waals surface area contributed by atoms with E-state index >= 15 is 0 Å². The number of hydrogen-bond donors (Lipinski definition) is 2. The second-order valence-corrected chi connectivity index (χ2v) is 6.65. The third-order valence-corrected chi connectivity index (χ3v) is 3.73. The highest BCUT2D eigenvalue weighted by Gasteiger charge is 2.30. The fourth-order valence-corrected chi connectivity index (χ4v) is 2.65. The summed E-state index contributed by atoms with van der Waals surface area (Å²) in [5.41, 5.74) is -0.410. The molecular weight excluding hydrogens is 228 g/mol. The van der Waals surface area contributed by atoms with Gasteiger partial charge in [0.05, 0.1) is 0 Å². The molecule has 0 radical (unpaired) electrons. The maximum absolute atomic E-state index is 11.7. The van der Waals surface area contributed by atoms with Gasteiger partial charge < -0.3 is 15.4 Å². The van der Waals surface area contributed by atoms with Gasteiger partial charge in [0.2, 0.25) is 0 Å². The van der Waals surface area contributed by atoms with Crippen LogP contribution in [0.25, 0.3) is 0 Å². The van der Waals surface area contributed by atoms with Crippen molar-refractivity contribution in [1.29, 1.82) is 0 Å². The summed E-state index contributed by atoms with van der Waals surface area (Å²) in [7, 11) is 0. The zero-order valence-electron chi connectivity index (χ0n) is 11.8. The molecule has 2 rings (SSSR count). The van der Waals surface area contributed by atoms with E-state index in [0.717, 1.165) is 25.3 Å². The number of rotatable bonds is 3. The van der Waals surface area contributed by atoms with Crippen molar-refractivity contribution in [1.82, 2.24) is 10.6 Å². The largest absolute Gasteiger partial charge is 0.444 e. The second kappa shape index (κ2) is 5.47. The van der Waals surface area contributed by atoms with Gasteiger partial charge in [0.15, 0.2) is 0 Å². The van der Waals surface area contributed by atoms with Gasteiger partial charge in [-0.15, -0.1) is 0 Å². The van der Waals surface area contributed by atoms with E-state index in [1.807, 2.05) is 20.8 Å². The van der Waals surface area contributed by atoms with Crippen LogP contribution < -0.4 is 10.6 Å². The van der Waals surface area contributed by atoms with E-state index in [4.69, 9.17) is 4.74 Å². The smallest absolute Gasteiger partial charge is 0.407 e. The first-order chi connectivity index (χ1) is 8.42. The summed E-state index contributed by atoms with van der Waals surface area (Å²) >= 11 is 0. The van der Waals surface area contributed by atoms with Crippen molar-refractivity contribution in [2.45, 2.75) is 83.0 Å². The highest BCUT2D eigenvalue weighted by atomic mass is 16.6. The standard InChI is InChI=1S/C14H26N2O2/c1-14(2,3)18-13(17)16-12-8-7-11(9-12)15-10-5-4-6-10/h10-12,15H,4-9H2,1-3H3,(H,16,17). The fraction of sp³-hybridized carbons (Fsp3) is 0.929. The van der Waals surface area contributed by atoms with Gasteiger partial charge in [-0.2, -0.15) is 0 Å². The lowest BCUT2D eigenvalue weighted by Crippen LogP contribution is -2.43. The monoisotopic (exact) mass is 254 g/mol. The maximum atomic E-state index is 11.7. The molecule has 2 N–H and O–H groups in total. The van der Waals surface area contributed by atoms with Crippen molar-refractivity contribution in [3.8, 4) is 0 Å². The molecule has 4 heteroatoms. The predicted octanol–water partition coefficient (Wildman–Crippen LogP) is 2.57. The lowest BCUT2D eigenvalue weighted by Gasteiger charge is -2.30. The minimum absolute atomic E-state index is 0.275. The van der Waals surface area contributed by atoms with Crippen molar-refractivity contribution in [2.75, 3.05) is 0 Å². The molecule has 0 heterocycles. The Bertz CT molecular complexity index is 295. The molecule has 2 saturated carbocycles. The second-order valence-electron chi connectivity index (χ2n) is 6.65. The molecule has 18 heavy (non-hydrogen) atoms. The van der Waals surface area contributed by atoms with Crippen molar-refractivity contribution < 1.29 is 9.53 Å². The number of carbonyl (C=O) groups is 1. The Morgan fingerprint density at radius 3 is 2.28 bits per heavy atom. The molecule has 0 aromatic rings. The molecule has 2 aliphatic carbocycles. The third kappa shape index (κ3) is 4.16.